The Labute approximate surface area is 265 Å². The maximum Gasteiger partial charge on any atom is 0.242 e. The lowest BCUT2D eigenvalue weighted by molar-refractivity contribution is -0.204. The Hall–Kier alpha value is -0.632. The van der Waals surface area contributed by atoms with Crippen LogP contribution in [-0.2, 0) is 22.5 Å². The zero-order chi connectivity index (χ0) is 32.7. The summed E-state index contributed by atoms with van der Waals surface area (Å²) in [6.45, 7) is 30.1. The number of hydrogen-bond donors (Lipinski definition) is 0. The van der Waals surface area contributed by atoms with E-state index in [0.29, 0.717) is 19.3 Å². The van der Waals surface area contributed by atoms with E-state index in [1.807, 2.05) is 6.08 Å². The third-order valence-electron chi connectivity index (χ3n) is 10.0. The standard InChI is InChI=1S/C33H59FO5Si4/c1-30-19-17-25(37-41(6,7)8)21-24(30)15-16-27-26-18-20-32(39-43(12,13)14,28(35)23-36-40(3,4)5)31(26,2)22-29(33(27,30)34)38-42(9,10)11/h15,17,19,21,26-27,29H,16,18,20,22-23H2,1-14H3/t26-,27-,29-,30-,31-,32-,33-/m0/s1. The molecular formula is C33H59FO5Si4. The molecule has 0 saturated heterocycles. The Bertz CT molecular complexity index is 1210. The molecule has 0 unspecified atom stereocenters. The van der Waals surface area contributed by atoms with Gasteiger partial charge in [-0.05, 0) is 135 Å². The summed E-state index contributed by atoms with van der Waals surface area (Å²) in [5.74, 6) is 0.548. The van der Waals surface area contributed by atoms with E-state index in [0.717, 1.165) is 17.8 Å². The lowest BCUT2D eigenvalue weighted by atomic mass is 9.45. The van der Waals surface area contributed by atoms with Gasteiger partial charge >= 0.3 is 0 Å². The van der Waals surface area contributed by atoms with Crippen molar-refractivity contribution in [2.45, 2.75) is 135 Å². The summed E-state index contributed by atoms with van der Waals surface area (Å²) in [4.78, 5) is 14.5. The van der Waals surface area contributed by atoms with E-state index < -0.39 is 61.5 Å². The van der Waals surface area contributed by atoms with E-state index in [9.17, 15) is 4.79 Å². The molecule has 0 bridgehead atoms. The molecule has 0 amide bonds. The highest BCUT2D eigenvalue weighted by Crippen LogP contribution is 2.70. The number of carbonyl (C=O) groups is 1. The second-order valence-corrected chi connectivity index (χ2v) is 35.7. The van der Waals surface area contributed by atoms with Gasteiger partial charge in [0.15, 0.2) is 36.4 Å². The van der Waals surface area contributed by atoms with Gasteiger partial charge in [0.05, 0.1) is 12.7 Å². The van der Waals surface area contributed by atoms with Gasteiger partial charge in [-0.3, -0.25) is 4.79 Å². The number of fused-ring (bicyclic) bond motifs is 5. The number of Topliss-reactive ketones (excluding diaryl/α,β-unsaturated/α-hetero) is 1. The fourth-order valence-corrected chi connectivity index (χ4v) is 12.5. The number of alkyl halides is 1. The minimum atomic E-state index is -2.19. The summed E-state index contributed by atoms with van der Waals surface area (Å²) in [6, 6.07) is 0. The van der Waals surface area contributed by atoms with Crippen molar-refractivity contribution < 1.29 is 26.9 Å². The number of allylic oxidation sites excluding steroid dienone is 5. The molecular weight excluding hydrogens is 608 g/mol. The highest BCUT2D eigenvalue weighted by atomic mass is 28.4. The summed E-state index contributed by atoms with van der Waals surface area (Å²) in [5.41, 5.74) is -3.08. The molecule has 0 heterocycles. The van der Waals surface area contributed by atoms with Gasteiger partial charge in [-0.15, -0.1) is 0 Å². The SMILES string of the molecule is C[C@]12C=CC(O[Si](C)(C)C)=CC1=CC[C@H]1[C@@H]3CC[C@](O[Si](C)(C)C)(C(=O)CO[Si](C)(C)C)[C@@]3(C)C[C@H](O[Si](C)(C)C)[C@@]12F. The molecule has 0 aromatic rings. The number of hydrogen-bond acceptors (Lipinski definition) is 5. The number of ketones is 1. The molecule has 0 N–H and O–H groups in total. The van der Waals surface area contributed by atoms with Crippen LogP contribution in [0.15, 0.2) is 35.6 Å². The average Bonchev–Trinajstić information content (AvgIpc) is 3.07. The van der Waals surface area contributed by atoms with Crippen molar-refractivity contribution in [1.29, 1.82) is 0 Å². The molecule has 0 aromatic carbocycles. The van der Waals surface area contributed by atoms with E-state index >= 15 is 4.39 Å². The Morgan fingerprint density at radius 3 is 2.07 bits per heavy atom. The third-order valence-corrected chi connectivity index (χ3v) is 13.8. The largest absolute Gasteiger partial charge is 0.544 e. The molecule has 2 fully saturated rings. The molecule has 4 aliphatic carbocycles. The molecule has 43 heavy (non-hydrogen) atoms. The fourth-order valence-electron chi connectivity index (χ4n) is 8.49. The lowest BCUT2D eigenvalue weighted by Crippen LogP contribution is -2.71. The highest BCUT2D eigenvalue weighted by molar-refractivity contribution is 6.71. The van der Waals surface area contributed by atoms with Crippen LogP contribution in [0.3, 0.4) is 0 Å². The first-order valence-corrected chi connectivity index (χ1v) is 29.9. The minimum Gasteiger partial charge on any atom is -0.544 e. The van der Waals surface area contributed by atoms with Crippen molar-refractivity contribution in [3.8, 4) is 0 Å². The summed E-state index contributed by atoms with van der Waals surface area (Å²) >= 11 is 0. The molecule has 7 atom stereocenters. The topological polar surface area (TPSA) is 54.0 Å². The lowest BCUT2D eigenvalue weighted by Gasteiger charge is -2.64. The third kappa shape index (κ3) is 6.49. The van der Waals surface area contributed by atoms with Crippen molar-refractivity contribution in [3.63, 3.8) is 0 Å². The van der Waals surface area contributed by atoms with E-state index in [4.69, 9.17) is 17.7 Å². The summed E-state index contributed by atoms with van der Waals surface area (Å²) in [6.07, 6.45) is 10.1. The van der Waals surface area contributed by atoms with Gasteiger partial charge in [0.1, 0.15) is 11.4 Å². The number of carbonyl (C=O) groups excluding carboxylic acids is 1. The van der Waals surface area contributed by atoms with Crippen molar-refractivity contribution in [2.75, 3.05) is 6.61 Å². The predicted octanol–water partition coefficient (Wildman–Crippen LogP) is 9.00. The molecule has 0 radical (unpaired) electrons. The first-order chi connectivity index (χ1) is 19.3. The first kappa shape index (κ1) is 35.2. The van der Waals surface area contributed by atoms with Crippen molar-refractivity contribution >= 4 is 39.1 Å². The molecule has 5 nitrogen and oxygen atoms in total. The molecule has 0 spiro atoms. The van der Waals surface area contributed by atoms with Crippen LogP contribution < -0.4 is 0 Å². The fraction of sp³-hybridized carbons (Fsp3) is 0.788. The van der Waals surface area contributed by atoms with Crippen LogP contribution >= 0.6 is 0 Å². The van der Waals surface area contributed by atoms with Gasteiger partial charge in [-0.25, -0.2) is 4.39 Å². The maximum absolute atomic E-state index is 18.7. The van der Waals surface area contributed by atoms with E-state index in [2.05, 4.69) is 111 Å². The van der Waals surface area contributed by atoms with Crippen LogP contribution in [0.4, 0.5) is 4.39 Å². The monoisotopic (exact) mass is 666 g/mol. The Morgan fingerprint density at radius 2 is 1.53 bits per heavy atom. The van der Waals surface area contributed by atoms with Crippen LogP contribution in [0, 0.1) is 22.7 Å². The Balaban J connectivity index is 1.85. The van der Waals surface area contributed by atoms with Crippen LogP contribution in [0.2, 0.25) is 78.6 Å². The molecule has 0 aliphatic heterocycles. The molecule has 2 saturated carbocycles. The van der Waals surface area contributed by atoms with Gasteiger partial charge in [0.2, 0.25) is 8.32 Å². The second-order valence-electron chi connectivity index (χ2n) is 17.9. The smallest absolute Gasteiger partial charge is 0.242 e. The number of rotatable bonds is 10. The second kappa shape index (κ2) is 11.0. The highest BCUT2D eigenvalue weighted by Gasteiger charge is 2.75. The van der Waals surface area contributed by atoms with Crippen LogP contribution in [0.1, 0.15) is 39.5 Å². The summed E-state index contributed by atoms with van der Waals surface area (Å²) in [5, 5.41) is 0. The van der Waals surface area contributed by atoms with Gasteiger partial charge in [0, 0.05) is 16.7 Å². The van der Waals surface area contributed by atoms with Gasteiger partial charge in [0.25, 0.3) is 0 Å². The normalized spacial score (nSPS) is 38.1. The minimum absolute atomic E-state index is 0.0159. The molecule has 0 aromatic heterocycles. The summed E-state index contributed by atoms with van der Waals surface area (Å²) in [7, 11) is -8.15. The average molecular weight is 667 g/mol. The van der Waals surface area contributed by atoms with Crippen molar-refractivity contribution in [1.82, 2.24) is 0 Å². The molecule has 10 heteroatoms. The van der Waals surface area contributed by atoms with Gasteiger partial charge in [-0.1, -0.05) is 19.1 Å². The van der Waals surface area contributed by atoms with Gasteiger partial charge < -0.3 is 17.7 Å². The molecule has 4 aliphatic rings. The van der Waals surface area contributed by atoms with Crippen LogP contribution in [-0.4, -0.2) is 63.0 Å². The van der Waals surface area contributed by atoms with Crippen LogP contribution in [0.5, 0.6) is 0 Å². The molecule has 4 rings (SSSR count). The van der Waals surface area contributed by atoms with Gasteiger partial charge in [-0.2, -0.15) is 0 Å². The summed E-state index contributed by atoms with van der Waals surface area (Å²) < 4.78 is 45.3. The van der Waals surface area contributed by atoms with Crippen molar-refractivity contribution in [3.05, 3.63) is 35.6 Å². The van der Waals surface area contributed by atoms with E-state index in [-0.39, 0.29) is 24.2 Å². The van der Waals surface area contributed by atoms with E-state index in [1.54, 1.807) is 0 Å². The zero-order valence-corrected chi connectivity index (χ0v) is 33.5. The van der Waals surface area contributed by atoms with Crippen LogP contribution in [0.25, 0.3) is 0 Å². The Morgan fingerprint density at radius 1 is 0.907 bits per heavy atom. The predicted molar refractivity (Wildman–Crippen MR) is 185 cm³/mol. The Kier molecular flexibility index (Phi) is 8.99. The molecule has 244 valence electrons. The van der Waals surface area contributed by atoms with E-state index in [1.165, 1.54) is 0 Å². The maximum atomic E-state index is 18.7. The zero-order valence-electron chi connectivity index (χ0n) is 29.5. The first-order valence-electron chi connectivity index (χ1n) is 16.3. The van der Waals surface area contributed by atoms with Crippen molar-refractivity contribution in [2.24, 2.45) is 22.7 Å². The quantitative estimate of drug-likeness (QED) is 0.218. The number of halogens is 1.